The molecule has 0 spiro atoms. The number of fused-ring (bicyclic) bond motifs is 1. The van der Waals surface area contributed by atoms with Crippen molar-refractivity contribution in [3.05, 3.63) is 47.8 Å². The van der Waals surface area contributed by atoms with Crippen LogP contribution in [0.25, 0.3) is 11.0 Å². The van der Waals surface area contributed by atoms with Gasteiger partial charge in [-0.1, -0.05) is 0 Å². The highest BCUT2D eigenvalue weighted by Crippen LogP contribution is 2.21. The van der Waals surface area contributed by atoms with Gasteiger partial charge in [0.15, 0.2) is 12.3 Å². The van der Waals surface area contributed by atoms with Crippen LogP contribution < -0.4 is 10.1 Å². The molecule has 0 unspecified atom stereocenters. The normalized spacial score (nSPS) is 11.0. The minimum absolute atomic E-state index is 0.0341. The van der Waals surface area contributed by atoms with Crippen LogP contribution in [0.3, 0.4) is 0 Å². The van der Waals surface area contributed by atoms with E-state index in [-0.39, 0.29) is 24.5 Å². The fraction of sp³-hybridized carbons (Fsp3) is 0.333. The van der Waals surface area contributed by atoms with Gasteiger partial charge in [-0.25, -0.2) is 9.67 Å². The maximum Gasteiger partial charge on any atom is 0.259 e. The number of aryl methyl sites for hydroxylation is 1. The van der Waals surface area contributed by atoms with Gasteiger partial charge in [0.05, 0.1) is 17.5 Å². The van der Waals surface area contributed by atoms with Crippen LogP contribution in [0.4, 0.5) is 5.69 Å². The summed E-state index contributed by atoms with van der Waals surface area (Å²) >= 11 is 0. The number of carbonyl (C=O) groups is 2. The van der Waals surface area contributed by atoms with E-state index < -0.39 is 0 Å². The lowest BCUT2D eigenvalue weighted by Gasteiger charge is -2.12. The average molecular weight is 395 g/mol. The van der Waals surface area contributed by atoms with Crippen LogP contribution in [0.1, 0.15) is 35.9 Å². The molecule has 2 aromatic heterocycles. The molecule has 3 rings (SSSR count). The molecule has 0 bridgehead atoms. The number of pyridine rings is 1. The van der Waals surface area contributed by atoms with Crippen molar-refractivity contribution in [2.75, 3.05) is 26.0 Å². The average Bonchev–Trinajstić information content (AvgIpc) is 3.09. The summed E-state index contributed by atoms with van der Waals surface area (Å²) in [7, 11) is 3.35. The van der Waals surface area contributed by atoms with E-state index in [1.807, 2.05) is 31.5 Å². The fourth-order valence-corrected chi connectivity index (χ4v) is 2.78. The molecule has 0 aliphatic heterocycles. The maximum absolute atomic E-state index is 12.7. The first-order valence-electron chi connectivity index (χ1n) is 9.35. The first-order chi connectivity index (χ1) is 13.8. The van der Waals surface area contributed by atoms with Gasteiger partial charge in [-0.2, -0.15) is 5.10 Å². The van der Waals surface area contributed by atoms with Gasteiger partial charge in [-0.15, -0.1) is 0 Å². The Morgan fingerprint density at radius 3 is 2.52 bits per heavy atom. The van der Waals surface area contributed by atoms with E-state index in [0.717, 1.165) is 11.0 Å². The van der Waals surface area contributed by atoms with Crippen molar-refractivity contribution < 1.29 is 14.3 Å². The summed E-state index contributed by atoms with van der Waals surface area (Å²) in [4.78, 5) is 30.4. The van der Waals surface area contributed by atoms with Gasteiger partial charge in [0, 0.05) is 31.2 Å². The first-order valence-corrected chi connectivity index (χ1v) is 9.35. The molecule has 2 amide bonds. The number of rotatable bonds is 6. The molecule has 0 atom stereocenters. The van der Waals surface area contributed by atoms with Crippen molar-refractivity contribution in [2.45, 2.75) is 26.8 Å². The number of nitrogens with zero attached hydrogens (tertiary/aromatic N) is 4. The molecule has 0 aliphatic carbocycles. The van der Waals surface area contributed by atoms with Gasteiger partial charge in [0.1, 0.15) is 5.75 Å². The maximum atomic E-state index is 12.7. The summed E-state index contributed by atoms with van der Waals surface area (Å²) in [5, 5.41) is 8.04. The van der Waals surface area contributed by atoms with Crippen LogP contribution >= 0.6 is 0 Å². The van der Waals surface area contributed by atoms with Gasteiger partial charge in [-0.3, -0.25) is 9.59 Å². The summed E-state index contributed by atoms with van der Waals surface area (Å²) in [6.07, 6.45) is 1.72. The number of likely N-dealkylation sites (N-methyl/N-ethyl adjacent to an activating group) is 1. The molecule has 0 saturated heterocycles. The SMILES string of the molecule is Cc1nc2c(cnn2C(C)C)cc1C(=O)Nc1ccc(OCC(=O)N(C)C)cc1. The van der Waals surface area contributed by atoms with E-state index in [4.69, 9.17) is 4.74 Å². The van der Waals surface area contributed by atoms with Gasteiger partial charge in [-0.05, 0) is 51.1 Å². The Morgan fingerprint density at radius 1 is 1.21 bits per heavy atom. The minimum Gasteiger partial charge on any atom is -0.484 e. The molecule has 1 aromatic carbocycles. The summed E-state index contributed by atoms with van der Waals surface area (Å²) < 4.78 is 7.28. The second kappa shape index (κ2) is 8.30. The Labute approximate surface area is 169 Å². The number of nitrogens with one attached hydrogen (secondary N) is 1. The smallest absolute Gasteiger partial charge is 0.259 e. The van der Waals surface area contributed by atoms with E-state index in [1.54, 1.807) is 44.6 Å². The lowest BCUT2D eigenvalue weighted by molar-refractivity contribution is -0.130. The van der Waals surface area contributed by atoms with Crippen molar-refractivity contribution in [3.8, 4) is 5.75 Å². The molecule has 0 saturated carbocycles. The van der Waals surface area contributed by atoms with Crippen LogP contribution in [-0.2, 0) is 4.79 Å². The van der Waals surface area contributed by atoms with Gasteiger partial charge in [0.25, 0.3) is 11.8 Å². The minimum atomic E-state index is -0.245. The molecule has 152 valence electrons. The number of ether oxygens (including phenoxy) is 1. The van der Waals surface area contributed by atoms with E-state index in [9.17, 15) is 9.59 Å². The Kier molecular flexibility index (Phi) is 5.81. The molecule has 0 aliphatic rings. The largest absolute Gasteiger partial charge is 0.484 e. The first kappa shape index (κ1) is 20.3. The topological polar surface area (TPSA) is 89.4 Å². The molecule has 1 N–H and O–H groups in total. The Hall–Kier alpha value is -3.42. The molecule has 0 fully saturated rings. The third-order valence-corrected chi connectivity index (χ3v) is 4.47. The molecule has 3 aromatic rings. The molecule has 8 heteroatoms. The molecule has 29 heavy (non-hydrogen) atoms. The number of hydrogen-bond acceptors (Lipinski definition) is 5. The highest BCUT2D eigenvalue weighted by Gasteiger charge is 2.15. The van der Waals surface area contributed by atoms with Crippen LogP contribution in [0, 0.1) is 6.92 Å². The summed E-state index contributed by atoms with van der Waals surface area (Å²) in [6, 6.07) is 8.87. The number of anilines is 1. The summed E-state index contributed by atoms with van der Waals surface area (Å²) in [6.45, 7) is 5.85. The van der Waals surface area contributed by atoms with Crippen molar-refractivity contribution in [3.63, 3.8) is 0 Å². The monoisotopic (exact) mass is 395 g/mol. The quantitative estimate of drug-likeness (QED) is 0.693. The highest BCUT2D eigenvalue weighted by atomic mass is 16.5. The van der Waals surface area contributed by atoms with E-state index in [1.165, 1.54) is 4.90 Å². The number of hydrogen-bond donors (Lipinski definition) is 1. The zero-order valence-corrected chi connectivity index (χ0v) is 17.3. The second-order valence-corrected chi connectivity index (χ2v) is 7.27. The number of carbonyl (C=O) groups excluding carboxylic acids is 2. The Morgan fingerprint density at radius 2 is 1.90 bits per heavy atom. The molecular formula is C21H25N5O3. The van der Waals surface area contributed by atoms with Crippen LogP contribution in [0.15, 0.2) is 36.5 Å². The van der Waals surface area contributed by atoms with E-state index >= 15 is 0 Å². The lowest BCUT2D eigenvalue weighted by Crippen LogP contribution is -2.27. The van der Waals surface area contributed by atoms with Crippen LogP contribution in [-0.4, -0.2) is 52.2 Å². The second-order valence-electron chi connectivity index (χ2n) is 7.27. The standard InChI is InChI=1S/C21H25N5O3/c1-13(2)26-20-15(11-22-26)10-18(14(3)23-20)21(28)24-16-6-8-17(9-7-16)29-12-19(27)25(4)5/h6-11,13H,12H2,1-5H3,(H,24,28). The van der Waals surface area contributed by atoms with E-state index in [0.29, 0.717) is 22.7 Å². The van der Waals surface area contributed by atoms with Crippen molar-refractivity contribution in [1.82, 2.24) is 19.7 Å². The lowest BCUT2D eigenvalue weighted by atomic mass is 10.1. The predicted molar refractivity (Wildman–Crippen MR) is 111 cm³/mol. The van der Waals surface area contributed by atoms with E-state index in [2.05, 4.69) is 15.4 Å². The van der Waals surface area contributed by atoms with Crippen molar-refractivity contribution >= 4 is 28.5 Å². The molecule has 8 nitrogen and oxygen atoms in total. The number of amides is 2. The Bertz CT molecular complexity index is 1040. The van der Waals surface area contributed by atoms with Gasteiger partial charge < -0.3 is 15.0 Å². The van der Waals surface area contributed by atoms with Gasteiger partial charge in [0.2, 0.25) is 0 Å². The molecule has 0 radical (unpaired) electrons. The Balaban J connectivity index is 1.71. The molecule has 2 heterocycles. The van der Waals surface area contributed by atoms with Crippen LogP contribution in [0.2, 0.25) is 0 Å². The van der Waals surface area contributed by atoms with Crippen molar-refractivity contribution in [1.29, 1.82) is 0 Å². The summed E-state index contributed by atoms with van der Waals surface area (Å²) in [5.74, 6) is 0.186. The van der Waals surface area contributed by atoms with Gasteiger partial charge >= 0.3 is 0 Å². The highest BCUT2D eigenvalue weighted by molar-refractivity contribution is 6.06. The third-order valence-electron chi connectivity index (χ3n) is 4.47. The predicted octanol–water partition coefficient (Wildman–Crippen LogP) is 3.04. The summed E-state index contributed by atoms with van der Waals surface area (Å²) in [5.41, 5.74) is 2.53. The van der Waals surface area contributed by atoms with Crippen molar-refractivity contribution in [2.24, 2.45) is 0 Å². The fourth-order valence-electron chi connectivity index (χ4n) is 2.78. The zero-order chi connectivity index (χ0) is 21.1. The zero-order valence-electron chi connectivity index (χ0n) is 17.3. The number of aromatic nitrogens is 3. The third kappa shape index (κ3) is 4.53. The molecular weight excluding hydrogens is 370 g/mol. The number of benzene rings is 1. The van der Waals surface area contributed by atoms with Crippen LogP contribution in [0.5, 0.6) is 5.75 Å².